The van der Waals surface area contributed by atoms with Crippen molar-refractivity contribution >= 4 is 34.5 Å². The number of rotatable bonds is 8. The highest BCUT2D eigenvalue weighted by molar-refractivity contribution is 6.05. The third kappa shape index (κ3) is 3.73. The van der Waals surface area contributed by atoms with Crippen molar-refractivity contribution in [3.05, 3.63) is 48.5 Å². The molecule has 1 aromatic heterocycles. The molecule has 0 saturated carbocycles. The minimum Gasteiger partial charge on any atom is -0.497 e. The van der Waals surface area contributed by atoms with E-state index in [1.165, 1.54) is 0 Å². The summed E-state index contributed by atoms with van der Waals surface area (Å²) >= 11 is 0. The molecule has 0 radical (unpaired) electrons. The molecule has 0 bridgehead atoms. The Kier molecular flexibility index (Phi) is 5.67. The van der Waals surface area contributed by atoms with Crippen molar-refractivity contribution in [2.24, 2.45) is 0 Å². The standard InChI is InChI=1S/C22H24N4O4/c1-29-13-5-12-25-21(28)19(26-18-7-4-3-6-17(18)24-22(25)26)14-20(27)23-15-8-10-16(30-2)11-9-15/h3-4,6-11,19H,5,12-14H2,1-2H3,(H,23,27)/t19-/m0/s1. The Bertz CT molecular complexity index is 1060. The van der Waals surface area contributed by atoms with E-state index in [-0.39, 0.29) is 18.2 Å². The number of carbonyl (C=O) groups excluding carboxylic acids is 2. The molecule has 1 aliphatic rings. The molecule has 8 nitrogen and oxygen atoms in total. The van der Waals surface area contributed by atoms with Gasteiger partial charge in [-0.25, -0.2) is 4.98 Å². The maximum atomic E-state index is 13.2. The highest BCUT2D eigenvalue weighted by Gasteiger charge is 2.40. The fourth-order valence-corrected chi connectivity index (χ4v) is 3.74. The average molecular weight is 408 g/mol. The number of ether oxygens (including phenoxy) is 2. The first-order valence-corrected chi connectivity index (χ1v) is 9.83. The highest BCUT2D eigenvalue weighted by atomic mass is 16.5. The van der Waals surface area contributed by atoms with Crippen molar-refractivity contribution in [3.63, 3.8) is 0 Å². The van der Waals surface area contributed by atoms with Gasteiger partial charge in [-0.3, -0.25) is 19.1 Å². The van der Waals surface area contributed by atoms with Crippen LogP contribution in [0.25, 0.3) is 11.0 Å². The molecule has 156 valence electrons. The first-order valence-electron chi connectivity index (χ1n) is 9.83. The lowest BCUT2D eigenvalue weighted by Crippen LogP contribution is -2.32. The Morgan fingerprint density at radius 3 is 2.63 bits per heavy atom. The maximum Gasteiger partial charge on any atom is 0.253 e. The van der Waals surface area contributed by atoms with E-state index in [1.807, 2.05) is 28.8 Å². The molecule has 1 atom stereocenters. The third-order valence-electron chi connectivity index (χ3n) is 5.16. The van der Waals surface area contributed by atoms with Gasteiger partial charge in [0.2, 0.25) is 11.9 Å². The normalized spacial score (nSPS) is 15.5. The summed E-state index contributed by atoms with van der Waals surface area (Å²) in [6.45, 7) is 1.04. The number of anilines is 2. The van der Waals surface area contributed by atoms with E-state index in [4.69, 9.17) is 9.47 Å². The van der Waals surface area contributed by atoms with Gasteiger partial charge in [-0.05, 0) is 42.8 Å². The van der Waals surface area contributed by atoms with Gasteiger partial charge in [-0.1, -0.05) is 12.1 Å². The molecule has 0 aliphatic carbocycles. The number of imidazole rings is 1. The molecular formula is C22H24N4O4. The third-order valence-corrected chi connectivity index (χ3v) is 5.16. The fraction of sp³-hybridized carbons (Fsp3) is 0.318. The Morgan fingerprint density at radius 2 is 1.90 bits per heavy atom. The molecule has 2 aromatic carbocycles. The van der Waals surface area contributed by atoms with Gasteiger partial charge in [0.05, 0.1) is 24.6 Å². The summed E-state index contributed by atoms with van der Waals surface area (Å²) in [7, 11) is 3.22. The van der Waals surface area contributed by atoms with Crippen LogP contribution in [0, 0.1) is 0 Å². The molecule has 4 rings (SSSR count). The molecule has 2 amide bonds. The van der Waals surface area contributed by atoms with Gasteiger partial charge in [0, 0.05) is 25.9 Å². The van der Waals surface area contributed by atoms with Crippen LogP contribution < -0.4 is 15.0 Å². The topological polar surface area (TPSA) is 85.7 Å². The molecule has 1 aliphatic heterocycles. The second-order valence-electron chi connectivity index (χ2n) is 7.10. The van der Waals surface area contributed by atoms with E-state index in [9.17, 15) is 9.59 Å². The molecule has 0 unspecified atom stereocenters. The van der Waals surface area contributed by atoms with Crippen LogP contribution in [0.5, 0.6) is 5.75 Å². The monoisotopic (exact) mass is 408 g/mol. The van der Waals surface area contributed by atoms with Gasteiger partial charge in [0.25, 0.3) is 5.91 Å². The lowest BCUT2D eigenvalue weighted by Gasteiger charge is -2.15. The summed E-state index contributed by atoms with van der Waals surface area (Å²) in [5.41, 5.74) is 2.30. The number of methoxy groups -OCH3 is 2. The second-order valence-corrected chi connectivity index (χ2v) is 7.10. The fourth-order valence-electron chi connectivity index (χ4n) is 3.74. The van der Waals surface area contributed by atoms with Crippen LogP contribution in [-0.2, 0) is 14.3 Å². The number of fused-ring (bicyclic) bond motifs is 3. The van der Waals surface area contributed by atoms with E-state index in [0.29, 0.717) is 37.0 Å². The van der Waals surface area contributed by atoms with E-state index < -0.39 is 6.04 Å². The van der Waals surface area contributed by atoms with Crippen molar-refractivity contribution in [1.82, 2.24) is 9.55 Å². The van der Waals surface area contributed by atoms with Crippen molar-refractivity contribution < 1.29 is 19.1 Å². The summed E-state index contributed by atoms with van der Waals surface area (Å²) in [6, 6.07) is 14.1. The smallest absolute Gasteiger partial charge is 0.253 e. The number of benzene rings is 2. The zero-order chi connectivity index (χ0) is 21.1. The molecule has 0 fully saturated rings. The summed E-state index contributed by atoms with van der Waals surface area (Å²) in [5, 5.41) is 2.86. The molecule has 1 N–H and O–H groups in total. The average Bonchev–Trinajstić information content (AvgIpc) is 3.24. The zero-order valence-electron chi connectivity index (χ0n) is 17.0. The Balaban J connectivity index is 1.57. The molecular weight excluding hydrogens is 384 g/mol. The van der Waals surface area contributed by atoms with Crippen LogP contribution >= 0.6 is 0 Å². The Hall–Kier alpha value is -3.39. The lowest BCUT2D eigenvalue weighted by molar-refractivity contribution is -0.124. The maximum absolute atomic E-state index is 13.2. The highest BCUT2D eigenvalue weighted by Crippen LogP contribution is 2.36. The van der Waals surface area contributed by atoms with E-state index in [2.05, 4.69) is 10.3 Å². The summed E-state index contributed by atoms with van der Waals surface area (Å²) in [6.07, 6.45) is 0.717. The summed E-state index contributed by atoms with van der Waals surface area (Å²) in [4.78, 5) is 32.2. The number of hydrogen-bond donors (Lipinski definition) is 1. The second kappa shape index (κ2) is 8.54. The van der Waals surface area contributed by atoms with Gasteiger partial charge >= 0.3 is 0 Å². The van der Waals surface area contributed by atoms with E-state index in [0.717, 1.165) is 11.0 Å². The van der Waals surface area contributed by atoms with Crippen molar-refractivity contribution in [1.29, 1.82) is 0 Å². The zero-order valence-corrected chi connectivity index (χ0v) is 17.0. The van der Waals surface area contributed by atoms with Crippen LogP contribution in [0.1, 0.15) is 18.9 Å². The molecule has 30 heavy (non-hydrogen) atoms. The van der Waals surface area contributed by atoms with Gasteiger partial charge in [-0.2, -0.15) is 0 Å². The minimum absolute atomic E-state index is 0.0268. The molecule has 0 spiro atoms. The first kappa shape index (κ1) is 19.9. The van der Waals surface area contributed by atoms with Gasteiger partial charge in [0.1, 0.15) is 11.8 Å². The largest absolute Gasteiger partial charge is 0.497 e. The van der Waals surface area contributed by atoms with Gasteiger partial charge < -0.3 is 14.8 Å². The molecule has 0 saturated heterocycles. The van der Waals surface area contributed by atoms with E-state index in [1.54, 1.807) is 43.4 Å². The minimum atomic E-state index is -0.631. The van der Waals surface area contributed by atoms with Crippen LogP contribution in [-0.4, -0.2) is 48.7 Å². The number of hydrogen-bond acceptors (Lipinski definition) is 5. The number of nitrogens with one attached hydrogen (secondary N) is 1. The van der Waals surface area contributed by atoms with Crippen molar-refractivity contribution in [2.45, 2.75) is 18.9 Å². The predicted octanol–water partition coefficient (Wildman–Crippen LogP) is 3.00. The SMILES string of the molecule is COCCCN1C(=O)[C@H](CC(=O)Nc2ccc(OC)cc2)n2c1nc1ccccc12. The molecule has 3 aromatic rings. The van der Waals surface area contributed by atoms with Crippen LogP contribution in [0.15, 0.2) is 48.5 Å². The number of carbonyl (C=O) groups is 2. The van der Waals surface area contributed by atoms with Crippen LogP contribution in [0.3, 0.4) is 0 Å². The molecule has 8 heteroatoms. The molecule has 2 heterocycles. The quantitative estimate of drug-likeness (QED) is 0.579. The predicted molar refractivity (Wildman–Crippen MR) is 114 cm³/mol. The number of amides is 2. The number of nitrogens with zero attached hydrogens (tertiary/aromatic N) is 3. The summed E-state index contributed by atoms with van der Waals surface area (Å²) in [5.74, 6) is 0.935. The van der Waals surface area contributed by atoms with Crippen molar-refractivity contribution in [3.8, 4) is 5.75 Å². The Morgan fingerprint density at radius 1 is 1.13 bits per heavy atom. The Labute approximate surface area is 174 Å². The van der Waals surface area contributed by atoms with Gasteiger partial charge in [0.15, 0.2) is 0 Å². The van der Waals surface area contributed by atoms with E-state index >= 15 is 0 Å². The first-order chi connectivity index (χ1) is 14.6. The number of aromatic nitrogens is 2. The lowest BCUT2D eigenvalue weighted by atomic mass is 10.1. The van der Waals surface area contributed by atoms with Crippen LogP contribution in [0.4, 0.5) is 11.6 Å². The summed E-state index contributed by atoms with van der Waals surface area (Å²) < 4.78 is 12.1. The van der Waals surface area contributed by atoms with Crippen LogP contribution in [0.2, 0.25) is 0 Å². The van der Waals surface area contributed by atoms with Crippen molar-refractivity contribution in [2.75, 3.05) is 37.6 Å². The van der Waals surface area contributed by atoms with Gasteiger partial charge in [-0.15, -0.1) is 0 Å². The number of para-hydroxylation sites is 2.